The number of rotatable bonds is 6. The van der Waals surface area contributed by atoms with Crippen LogP contribution in [0.3, 0.4) is 0 Å². The van der Waals surface area contributed by atoms with E-state index in [2.05, 4.69) is 10.6 Å². The van der Waals surface area contributed by atoms with Gasteiger partial charge in [0.1, 0.15) is 5.75 Å². The molecule has 2 aliphatic rings. The molecule has 0 bridgehead atoms. The van der Waals surface area contributed by atoms with E-state index >= 15 is 0 Å². The molecule has 2 atom stereocenters. The highest BCUT2D eigenvalue weighted by Gasteiger charge is 2.50. The number of methoxy groups -OCH3 is 2. The summed E-state index contributed by atoms with van der Waals surface area (Å²) in [5.74, 6) is 0.715. The van der Waals surface area contributed by atoms with Crippen LogP contribution in [0.2, 0.25) is 0 Å². The van der Waals surface area contributed by atoms with Gasteiger partial charge >= 0.3 is 0 Å². The van der Waals surface area contributed by atoms with Crippen molar-refractivity contribution in [1.82, 2.24) is 10.6 Å². The van der Waals surface area contributed by atoms with Gasteiger partial charge in [0.15, 0.2) is 0 Å². The molecule has 1 aliphatic carbocycles. The minimum absolute atomic E-state index is 0.00950. The molecule has 1 spiro atoms. The van der Waals surface area contributed by atoms with Crippen LogP contribution >= 0.6 is 0 Å². The number of amides is 2. The fourth-order valence-electron chi connectivity index (χ4n) is 3.94. The average molecular weight is 346 g/mol. The minimum atomic E-state index is -0.217. The van der Waals surface area contributed by atoms with Crippen molar-refractivity contribution in [2.75, 3.05) is 27.3 Å². The lowest BCUT2D eigenvalue weighted by Crippen LogP contribution is -2.56. The second-order valence-corrected chi connectivity index (χ2v) is 6.99. The molecule has 1 aromatic carbocycles. The van der Waals surface area contributed by atoms with Crippen molar-refractivity contribution >= 4 is 11.8 Å². The van der Waals surface area contributed by atoms with Crippen LogP contribution in [0.15, 0.2) is 24.3 Å². The maximum Gasteiger partial charge on any atom is 0.225 e. The number of hydrogen-bond acceptors (Lipinski definition) is 4. The molecule has 6 heteroatoms. The lowest BCUT2D eigenvalue weighted by Gasteiger charge is -2.49. The summed E-state index contributed by atoms with van der Waals surface area (Å²) in [6.45, 7) is 0.840. The second kappa shape index (κ2) is 7.44. The average Bonchev–Trinajstić information content (AvgIpc) is 2.61. The van der Waals surface area contributed by atoms with Gasteiger partial charge in [0.25, 0.3) is 0 Å². The number of nitrogens with one attached hydrogen (secondary N) is 2. The van der Waals surface area contributed by atoms with Crippen LogP contribution in [0.25, 0.3) is 0 Å². The summed E-state index contributed by atoms with van der Waals surface area (Å²) in [7, 11) is 3.26. The summed E-state index contributed by atoms with van der Waals surface area (Å²) >= 11 is 0. The van der Waals surface area contributed by atoms with Gasteiger partial charge in [-0.25, -0.2) is 0 Å². The van der Waals surface area contributed by atoms with Crippen molar-refractivity contribution in [3.05, 3.63) is 29.8 Å². The molecule has 1 aliphatic heterocycles. The third kappa shape index (κ3) is 3.63. The zero-order valence-corrected chi connectivity index (χ0v) is 14.8. The molecule has 0 aromatic heterocycles. The molecule has 1 heterocycles. The summed E-state index contributed by atoms with van der Waals surface area (Å²) in [5.41, 5.74) is 0.855. The van der Waals surface area contributed by atoms with Crippen molar-refractivity contribution in [3.63, 3.8) is 0 Å². The molecule has 2 unspecified atom stereocenters. The van der Waals surface area contributed by atoms with Gasteiger partial charge in [-0.15, -0.1) is 0 Å². The maximum absolute atomic E-state index is 12.7. The first kappa shape index (κ1) is 17.7. The van der Waals surface area contributed by atoms with Gasteiger partial charge in [0, 0.05) is 26.6 Å². The number of carbonyl (C=O) groups excluding carboxylic acids is 2. The van der Waals surface area contributed by atoms with E-state index in [4.69, 9.17) is 9.47 Å². The van der Waals surface area contributed by atoms with Crippen LogP contribution in [-0.4, -0.2) is 39.1 Å². The van der Waals surface area contributed by atoms with Gasteiger partial charge in [0.05, 0.1) is 19.1 Å². The third-order valence-electron chi connectivity index (χ3n) is 5.65. The van der Waals surface area contributed by atoms with Gasteiger partial charge in [0.2, 0.25) is 11.8 Å². The first-order valence-corrected chi connectivity index (χ1v) is 8.79. The summed E-state index contributed by atoms with van der Waals surface area (Å²) in [4.78, 5) is 24.4. The third-order valence-corrected chi connectivity index (χ3v) is 5.65. The predicted molar refractivity (Wildman–Crippen MR) is 93.2 cm³/mol. The summed E-state index contributed by atoms with van der Waals surface area (Å²) in [6.07, 6.45) is 3.28. The summed E-state index contributed by atoms with van der Waals surface area (Å²) in [5, 5.41) is 5.86. The molecular weight excluding hydrogens is 320 g/mol. The molecule has 1 aromatic rings. The van der Waals surface area contributed by atoms with E-state index in [-0.39, 0.29) is 29.3 Å². The molecule has 2 N–H and O–H groups in total. The summed E-state index contributed by atoms with van der Waals surface area (Å²) < 4.78 is 10.7. The Morgan fingerprint density at radius 3 is 2.60 bits per heavy atom. The van der Waals surface area contributed by atoms with Gasteiger partial charge in [-0.3, -0.25) is 9.59 Å². The number of hydrogen-bond donors (Lipinski definition) is 2. The Morgan fingerprint density at radius 2 is 2.04 bits per heavy atom. The van der Waals surface area contributed by atoms with E-state index in [1.807, 2.05) is 24.3 Å². The first-order valence-electron chi connectivity index (χ1n) is 8.79. The topological polar surface area (TPSA) is 76.7 Å². The van der Waals surface area contributed by atoms with E-state index in [0.29, 0.717) is 19.5 Å². The number of carbonyl (C=O) groups is 2. The lowest BCUT2D eigenvalue weighted by molar-refractivity contribution is -0.142. The zero-order chi connectivity index (χ0) is 17.9. The van der Waals surface area contributed by atoms with Crippen LogP contribution in [0.5, 0.6) is 5.75 Å². The van der Waals surface area contributed by atoms with E-state index in [1.165, 1.54) is 0 Å². The Kier molecular flexibility index (Phi) is 5.27. The molecule has 6 nitrogen and oxygen atoms in total. The maximum atomic E-state index is 12.7. The van der Waals surface area contributed by atoms with Crippen LogP contribution in [0, 0.1) is 11.3 Å². The largest absolute Gasteiger partial charge is 0.497 e. The van der Waals surface area contributed by atoms with Crippen LogP contribution in [0.1, 0.15) is 37.4 Å². The molecular formula is C19H26N2O4. The molecule has 3 rings (SSSR count). The van der Waals surface area contributed by atoms with Gasteiger partial charge in [-0.1, -0.05) is 18.6 Å². The van der Waals surface area contributed by atoms with Crippen molar-refractivity contribution in [2.24, 2.45) is 11.3 Å². The van der Waals surface area contributed by atoms with Crippen molar-refractivity contribution in [1.29, 1.82) is 0 Å². The molecule has 136 valence electrons. The van der Waals surface area contributed by atoms with Crippen molar-refractivity contribution < 1.29 is 19.1 Å². The van der Waals surface area contributed by atoms with Gasteiger partial charge < -0.3 is 20.1 Å². The van der Waals surface area contributed by atoms with Crippen molar-refractivity contribution in [3.8, 4) is 5.75 Å². The molecule has 2 fully saturated rings. The van der Waals surface area contributed by atoms with E-state index in [1.54, 1.807) is 14.2 Å². The molecule has 0 radical (unpaired) electrons. The number of piperidine rings is 1. The fourth-order valence-corrected chi connectivity index (χ4v) is 3.94. The Morgan fingerprint density at radius 1 is 1.32 bits per heavy atom. The lowest BCUT2D eigenvalue weighted by atomic mass is 9.57. The molecule has 1 saturated carbocycles. The normalized spacial score (nSPS) is 22.6. The van der Waals surface area contributed by atoms with Crippen LogP contribution in [0.4, 0.5) is 0 Å². The molecule has 25 heavy (non-hydrogen) atoms. The quantitative estimate of drug-likeness (QED) is 0.824. The highest BCUT2D eigenvalue weighted by Crippen LogP contribution is 2.51. The van der Waals surface area contributed by atoms with Gasteiger partial charge in [-0.2, -0.15) is 0 Å². The van der Waals surface area contributed by atoms with E-state index < -0.39 is 0 Å². The summed E-state index contributed by atoms with van der Waals surface area (Å²) in [6, 6.07) is 7.63. The van der Waals surface area contributed by atoms with Crippen LogP contribution < -0.4 is 15.4 Å². The standard InChI is InChI=1S/C19H26N2O4/c1-24-14-6-4-13(5-7-14)16(25-2)12-21-18(23)15-11-20-17(22)10-19(15)8-3-9-19/h4-7,15-16H,3,8-12H2,1-2H3,(H,20,22)(H,21,23). The SMILES string of the molecule is COc1ccc(C(CNC(=O)C2CNC(=O)CC23CCC3)OC)cc1. The van der Waals surface area contributed by atoms with Crippen molar-refractivity contribution in [2.45, 2.75) is 31.8 Å². The molecule has 2 amide bonds. The van der Waals surface area contributed by atoms with Gasteiger partial charge in [-0.05, 0) is 36.0 Å². The van der Waals surface area contributed by atoms with E-state index in [0.717, 1.165) is 30.6 Å². The smallest absolute Gasteiger partial charge is 0.225 e. The monoisotopic (exact) mass is 346 g/mol. The Bertz CT molecular complexity index is 625. The van der Waals surface area contributed by atoms with E-state index in [9.17, 15) is 9.59 Å². The first-order chi connectivity index (χ1) is 12.1. The minimum Gasteiger partial charge on any atom is -0.497 e. The Labute approximate surface area is 148 Å². The fraction of sp³-hybridized carbons (Fsp3) is 0.579. The highest BCUT2D eigenvalue weighted by molar-refractivity contribution is 5.85. The number of benzene rings is 1. The highest BCUT2D eigenvalue weighted by atomic mass is 16.5. The second-order valence-electron chi connectivity index (χ2n) is 6.99. The predicted octanol–water partition coefficient (Wildman–Crippen LogP) is 1.81. The zero-order valence-electron chi connectivity index (χ0n) is 14.8. The Balaban J connectivity index is 1.60. The molecule has 1 saturated heterocycles. The Hall–Kier alpha value is -2.08. The number of ether oxygens (including phenoxy) is 2. The van der Waals surface area contributed by atoms with Crippen LogP contribution in [-0.2, 0) is 14.3 Å².